The van der Waals surface area contributed by atoms with Crippen molar-refractivity contribution in [2.24, 2.45) is 0 Å². The summed E-state index contributed by atoms with van der Waals surface area (Å²) in [5.41, 5.74) is 1.90. The van der Waals surface area contributed by atoms with Gasteiger partial charge < -0.3 is 15.2 Å². The second kappa shape index (κ2) is 8.27. The van der Waals surface area contributed by atoms with Crippen LogP contribution in [-0.4, -0.2) is 18.4 Å². The fourth-order valence-corrected chi connectivity index (χ4v) is 3.70. The fourth-order valence-electron chi connectivity index (χ4n) is 3.70. The molecule has 0 fully saturated rings. The van der Waals surface area contributed by atoms with Gasteiger partial charge in [0.25, 0.3) is 0 Å². The maximum Gasteiger partial charge on any atom is 0.397 e. The minimum atomic E-state index is -4.35. The van der Waals surface area contributed by atoms with E-state index in [2.05, 4.69) is 5.32 Å². The molecule has 1 aliphatic rings. The molecule has 0 aliphatic heterocycles. The molecular formula is C23H28F3NO2. The number of halogens is 3. The summed E-state index contributed by atoms with van der Waals surface area (Å²) >= 11 is 0. The summed E-state index contributed by atoms with van der Waals surface area (Å²) in [6.07, 6.45) is 0.0971. The zero-order valence-electron chi connectivity index (χ0n) is 17.1. The second-order valence-corrected chi connectivity index (χ2v) is 8.17. The maximum absolute atomic E-state index is 13.2. The van der Waals surface area contributed by atoms with Gasteiger partial charge in [-0.15, -0.1) is 0 Å². The second-order valence-electron chi connectivity index (χ2n) is 8.17. The Balaban J connectivity index is 1.81. The first-order valence-corrected chi connectivity index (χ1v) is 9.95. The van der Waals surface area contributed by atoms with Gasteiger partial charge in [-0.1, -0.05) is 30.7 Å². The first-order valence-electron chi connectivity index (χ1n) is 9.95. The van der Waals surface area contributed by atoms with Gasteiger partial charge in [-0.3, -0.25) is 0 Å². The molecule has 0 spiro atoms. The van der Waals surface area contributed by atoms with E-state index in [0.29, 0.717) is 17.0 Å². The summed E-state index contributed by atoms with van der Waals surface area (Å²) in [6.45, 7) is 2.30. The molecule has 2 aromatic carbocycles. The van der Waals surface area contributed by atoms with E-state index < -0.39 is 17.8 Å². The Bertz CT molecular complexity index is 844. The number of hydrogen-bond acceptors (Lipinski definition) is 3. The number of aliphatic hydroxyl groups is 1. The number of alkyl halides is 3. The summed E-state index contributed by atoms with van der Waals surface area (Å²) in [7, 11) is 1.59. The lowest BCUT2D eigenvalue weighted by molar-refractivity contribution is -0.180. The van der Waals surface area contributed by atoms with Crippen molar-refractivity contribution in [3.05, 3.63) is 58.7 Å². The summed E-state index contributed by atoms with van der Waals surface area (Å²) in [5.74, 6) is 0.652. The smallest absolute Gasteiger partial charge is 0.397 e. The molecule has 0 saturated heterocycles. The Morgan fingerprint density at radius 2 is 1.55 bits per heavy atom. The molecule has 0 saturated carbocycles. The Labute approximate surface area is 169 Å². The molecule has 0 radical (unpaired) electrons. The van der Waals surface area contributed by atoms with E-state index in [1.54, 1.807) is 7.11 Å². The van der Waals surface area contributed by atoms with Gasteiger partial charge in [0.1, 0.15) is 5.75 Å². The monoisotopic (exact) mass is 407 g/mol. The predicted molar refractivity (Wildman–Crippen MR) is 108 cm³/mol. The zero-order valence-corrected chi connectivity index (χ0v) is 17.1. The van der Waals surface area contributed by atoms with Gasteiger partial charge in [-0.2, -0.15) is 13.2 Å². The number of methoxy groups -OCH3 is 1. The fraction of sp³-hybridized carbons (Fsp3) is 0.478. The number of nitrogens with one attached hydrogen (secondary N) is 1. The Kier molecular flexibility index (Phi) is 6.13. The number of fused-ring (bicyclic) bond motifs is 1. The number of hydrogen-bond donors (Lipinski definition) is 2. The Morgan fingerprint density at radius 1 is 0.966 bits per heavy atom. The molecule has 1 unspecified atom stereocenters. The highest BCUT2D eigenvalue weighted by Crippen LogP contribution is 2.40. The molecule has 3 nitrogen and oxygen atoms in total. The number of ether oxygens (including phenoxy) is 1. The molecule has 158 valence electrons. The van der Waals surface area contributed by atoms with Crippen LogP contribution in [0.3, 0.4) is 0 Å². The van der Waals surface area contributed by atoms with Gasteiger partial charge in [0.05, 0.1) is 18.2 Å². The van der Waals surface area contributed by atoms with E-state index in [4.69, 9.17) is 4.74 Å². The number of aliphatic hydroxyl groups excluding tert-OH is 1. The van der Waals surface area contributed by atoms with E-state index in [-0.39, 0.29) is 5.56 Å². The van der Waals surface area contributed by atoms with Crippen LogP contribution in [0.5, 0.6) is 5.75 Å². The molecular weight excluding hydrogens is 379 g/mol. The maximum atomic E-state index is 13.2. The third-order valence-electron chi connectivity index (χ3n) is 5.86. The van der Waals surface area contributed by atoms with Gasteiger partial charge in [-0.05, 0) is 68.4 Å². The lowest BCUT2D eigenvalue weighted by Crippen LogP contribution is -2.36. The van der Waals surface area contributed by atoms with Crippen molar-refractivity contribution in [2.75, 3.05) is 12.4 Å². The molecule has 1 aliphatic carbocycles. The standard InChI is InChI=1S/C23H28F3NO2/c1-22(2,23(24,25)26)18-11-9-15(10-12-18)21(28)27-19-13-16-7-5-4-6-8-17(16)14-20(19)29-3/h9-14,21,27-28H,4-8H2,1-3H3. The molecule has 1 atom stereocenters. The normalized spacial score (nSPS) is 16.0. The first kappa shape index (κ1) is 21.5. The van der Waals surface area contributed by atoms with Crippen LogP contribution in [0.1, 0.15) is 61.6 Å². The van der Waals surface area contributed by atoms with Crippen molar-refractivity contribution in [3.8, 4) is 5.75 Å². The predicted octanol–water partition coefficient (Wildman–Crippen LogP) is 5.91. The van der Waals surface area contributed by atoms with Gasteiger partial charge in [0, 0.05) is 5.56 Å². The molecule has 2 N–H and O–H groups in total. The molecule has 29 heavy (non-hydrogen) atoms. The van der Waals surface area contributed by atoms with E-state index in [1.165, 1.54) is 41.8 Å². The van der Waals surface area contributed by atoms with Crippen LogP contribution in [0.25, 0.3) is 0 Å². The highest BCUT2D eigenvalue weighted by atomic mass is 19.4. The average Bonchev–Trinajstić information content (AvgIpc) is 2.91. The summed E-state index contributed by atoms with van der Waals surface area (Å²) < 4.78 is 45.2. The minimum Gasteiger partial charge on any atom is -0.495 e. The summed E-state index contributed by atoms with van der Waals surface area (Å²) in [4.78, 5) is 0. The lowest BCUT2D eigenvalue weighted by atomic mass is 9.83. The van der Waals surface area contributed by atoms with Crippen molar-refractivity contribution >= 4 is 5.69 Å². The van der Waals surface area contributed by atoms with Gasteiger partial charge in [-0.25, -0.2) is 0 Å². The molecule has 0 bridgehead atoms. The van der Waals surface area contributed by atoms with Crippen LogP contribution in [0.4, 0.5) is 18.9 Å². The van der Waals surface area contributed by atoms with Crippen LogP contribution < -0.4 is 10.1 Å². The van der Waals surface area contributed by atoms with E-state index >= 15 is 0 Å². The van der Waals surface area contributed by atoms with Crippen LogP contribution in [0.2, 0.25) is 0 Å². The molecule has 6 heteroatoms. The number of rotatable bonds is 5. The SMILES string of the molecule is COc1cc2c(cc1NC(O)c1ccc(C(C)(C)C(F)(F)F)cc1)CCCCC2. The van der Waals surface area contributed by atoms with E-state index in [0.717, 1.165) is 39.5 Å². The van der Waals surface area contributed by atoms with Crippen LogP contribution in [-0.2, 0) is 18.3 Å². The van der Waals surface area contributed by atoms with Crippen molar-refractivity contribution in [3.63, 3.8) is 0 Å². The number of anilines is 1. The molecule has 3 rings (SSSR count). The Morgan fingerprint density at radius 3 is 2.10 bits per heavy atom. The summed E-state index contributed by atoms with van der Waals surface area (Å²) in [5, 5.41) is 13.7. The molecule has 0 amide bonds. The largest absolute Gasteiger partial charge is 0.495 e. The minimum absolute atomic E-state index is 0.156. The van der Waals surface area contributed by atoms with Crippen molar-refractivity contribution in [1.29, 1.82) is 0 Å². The van der Waals surface area contributed by atoms with Crippen LogP contribution in [0.15, 0.2) is 36.4 Å². The van der Waals surface area contributed by atoms with Crippen molar-refractivity contribution < 1.29 is 23.0 Å². The molecule has 0 heterocycles. The van der Waals surface area contributed by atoms with Gasteiger partial charge >= 0.3 is 6.18 Å². The Hall–Kier alpha value is -2.21. The average molecular weight is 407 g/mol. The lowest BCUT2D eigenvalue weighted by Gasteiger charge is -2.28. The number of aryl methyl sites for hydroxylation is 2. The quantitative estimate of drug-likeness (QED) is 0.478. The number of benzene rings is 2. The van der Waals surface area contributed by atoms with Crippen LogP contribution in [0, 0.1) is 0 Å². The first-order chi connectivity index (χ1) is 13.6. The third-order valence-corrected chi connectivity index (χ3v) is 5.86. The van der Waals surface area contributed by atoms with Gasteiger partial charge in [0.2, 0.25) is 0 Å². The topological polar surface area (TPSA) is 41.5 Å². The molecule has 0 aromatic heterocycles. The highest BCUT2D eigenvalue weighted by Gasteiger charge is 2.48. The zero-order chi connectivity index (χ0) is 21.2. The van der Waals surface area contributed by atoms with E-state index in [1.807, 2.05) is 12.1 Å². The van der Waals surface area contributed by atoms with E-state index in [9.17, 15) is 18.3 Å². The third kappa shape index (κ3) is 4.53. The highest BCUT2D eigenvalue weighted by molar-refractivity contribution is 5.61. The van der Waals surface area contributed by atoms with Gasteiger partial charge in [0.15, 0.2) is 6.23 Å². The molecule has 2 aromatic rings. The van der Waals surface area contributed by atoms with Crippen molar-refractivity contribution in [2.45, 2.75) is 63.8 Å². The van der Waals surface area contributed by atoms with Crippen molar-refractivity contribution in [1.82, 2.24) is 0 Å². The summed E-state index contributed by atoms with van der Waals surface area (Å²) in [6, 6.07) is 9.92. The van der Waals surface area contributed by atoms with Crippen LogP contribution >= 0.6 is 0 Å².